The summed E-state index contributed by atoms with van der Waals surface area (Å²) in [6.45, 7) is 20.9. The van der Waals surface area contributed by atoms with E-state index in [9.17, 15) is 0 Å². The van der Waals surface area contributed by atoms with Gasteiger partial charge in [-0.05, 0) is 203 Å². The summed E-state index contributed by atoms with van der Waals surface area (Å²) >= 11 is 0. The van der Waals surface area contributed by atoms with Crippen LogP contribution in [0.2, 0.25) is 0 Å². The second-order valence-electron chi connectivity index (χ2n) is 40.5. The van der Waals surface area contributed by atoms with Gasteiger partial charge < -0.3 is 113 Å². The zero-order valence-electron chi connectivity index (χ0n) is 86.7. The van der Waals surface area contributed by atoms with Crippen molar-refractivity contribution in [2.24, 2.45) is 0 Å². The van der Waals surface area contributed by atoms with Crippen LogP contribution in [0.15, 0.2) is 213 Å². The van der Waals surface area contributed by atoms with Crippen LogP contribution in [0.5, 0.6) is 17.5 Å². The van der Waals surface area contributed by atoms with Crippen molar-refractivity contribution in [1.82, 2.24) is 83.0 Å². The normalized spacial score (nSPS) is 17.5. The van der Waals surface area contributed by atoms with Gasteiger partial charge in [0.25, 0.3) is 0 Å². The fourth-order valence-electron chi connectivity index (χ4n) is 22.1. The number of fused-ring (bicyclic) bond motifs is 5. The lowest BCUT2D eigenvalue weighted by molar-refractivity contribution is 0.122. The number of imidazole rings is 4. The number of morpholine rings is 4. The number of rotatable bonds is 26. The minimum absolute atomic E-state index is 0.269. The molecule has 9 fully saturated rings. The number of aromatic nitrogens is 16. The quantitative estimate of drug-likeness (QED) is 0.0293. The SMILES string of the molecule is CCN1CCN(c2nc(Nc3ccc(N4CCOCC4)cc3)c3ncn(C4CCCCC4)c3n2)CC1.CN(C)c1ccc(Nc2nc(Nc3ccc(N4CCOCC4)cc3)c3ncn(C4CCCCC4)c3n2)cc1.COc1cccc(Oc2nc(Nc3ccc(N4CCOCC4)cc3)c3ncn(C4CCCCC4)c3n2)c1.c1ccc2c(Nc3nc(Nc4ccc(N5CCOCC5)cc4)c4ncn(C5CCCCC5)c4n3)cccc2c1. The molecule has 8 aromatic carbocycles. The van der Waals surface area contributed by atoms with Crippen LogP contribution in [0.4, 0.5) is 104 Å². The Hall–Kier alpha value is -14.8. The molecule has 5 saturated heterocycles. The van der Waals surface area contributed by atoms with E-state index < -0.39 is 0 Å². The molecule has 0 amide bonds. The van der Waals surface area contributed by atoms with Gasteiger partial charge in [-0.15, -0.1) is 0 Å². The number of hydrogen-bond acceptors (Lipinski definition) is 31. The van der Waals surface area contributed by atoms with Crippen molar-refractivity contribution < 1.29 is 28.4 Å². The van der Waals surface area contributed by atoms with E-state index in [0.29, 0.717) is 65.0 Å². The van der Waals surface area contributed by atoms with Crippen LogP contribution in [0.3, 0.4) is 0 Å². The van der Waals surface area contributed by atoms with Crippen LogP contribution in [0, 0.1) is 0 Å². The lowest BCUT2D eigenvalue weighted by Crippen LogP contribution is -2.46. The first-order valence-corrected chi connectivity index (χ1v) is 54.4. The van der Waals surface area contributed by atoms with Crippen molar-refractivity contribution in [3.8, 4) is 17.5 Å². The monoisotopic (exact) mass is 2020 g/mol. The number of likely N-dealkylation sites (N-methyl/N-ethyl adjacent to an activating group) is 1. The molecule has 5 aliphatic heterocycles. The molecular weight excluding hydrogens is 1880 g/mol. The molecule has 25 rings (SSSR count). The van der Waals surface area contributed by atoms with Crippen LogP contribution in [0.25, 0.3) is 55.4 Å². The van der Waals surface area contributed by atoms with E-state index in [1.54, 1.807) is 7.11 Å². The average Bonchev–Trinajstić information content (AvgIpc) is 1.61. The van der Waals surface area contributed by atoms with Crippen LogP contribution in [-0.2, 0) is 18.9 Å². The summed E-state index contributed by atoms with van der Waals surface area (Å²) in [6.07, 6.45) is 32.3. The van der Waals surface area contributed by atoms with Gasteiger partial charge in [0.2, 0.25) is 17.8 Å². The molecule has 13 heterocycles. The molecule has 6 N–H and O–H groups in total. The van der Waals surface area contributed by atoms with Crippen molar-refractivity contribution in [1.29, 1.82) is 0 Å². The first-order valence-electron chi connectivity index (χ1n) is 54.4. The molecule has 0 spiro atoms. The lowest BCUT2D eigenvalue weighted by Gasteiger charge is -2.34. The minimum Gasteiger partial charge on any atom is -0.497 e. The standard InChI is InChI=1S/C31H33N7O.C29H36N8O.C28H32N6O3.C27H38N8O/c1-2-9-25(10-3-1)38-21-32-28-29(33-23-13-15-24(16-14-23)37-17-19-39-20-18-37)35-31(36-30(28)38)34-27-12-6-8-22-7-4-5-11-26(22)27;1-35(2)23-12-8-22(9-13-23)32-29-33-27(26-28(34-29)37(20-30-26)25-6-4-3-5-7-25)31-21-10-14-24(15-11-21)36-16-18-38-19-17-36;1-35-23-8-5-9-24(18-23)37-28-31-26(25-27(32-28)34(19-29-25)22-6-3-2-4-7-22)30-20-10-12-21(13-11-20)33-14-16-36-17-15-33;1-2-32-12-14-34(15-13-32)27-30-25(24-26(31-27)35(20-28-24)23-6-4-3-5-7-23)29-21-8-10-22(11-9-21)33-16-18-36-19-17-33/h4-8,11-16,21,25H,1-3,9-10,17-20H2,(H2,33,34,35,36);8-15,20,25H,3-7,16-19H2,1-2H3,(H2,31,32,33,34);5,8-13,18-19,22H,2-4,6-7,14-17H2,1H3,(H,30,31,32);8-11,20,23H,2-7,12-19H2,1H3,(H,29,30,31). The van der Waals surface area contributed by atoms with E-state index in [-0.39, 0.29) is 6.01 Å². The highest BCUT2D eigenvalue weighted by Crippen LogP contribution is 2.42. The summed E-state index contributed by atoms with van der Waals surface area (Å²) in [4.78, 5) is 74.9. The third-order valence-corrected chi connectivity index (χ3v) is 30.6. The van der Waals surface area contributed by atoms with Crippen LogP contribution in [-0.4, -0.2) is 242 Å². The summed E-state index contributed by atoms with van der Waals surface area (Å²) in [5.41, 5.74) is 18.4. The summed E-state index contributed by atoms with van der Waals surface area (Å²) in [5.74, 6) is 6.07. The van der Waals surface area contributed by atoms with Gasteiger partial charge in [0.1, 0.15) is 11.5 Å². The van der Waals surface area contributed by atoms with E-state index in [4.69, 9.17) is 88.2 Å². The smallest absolute Gasteiger partial charge is 0.326 e. The van der Waals surface area contributed by atoms with E-state index in [1.165, 1.54) is 118 Å². The largest absolute Gasteiger partial charge is 0.497 e. The topological polar surface area (TPSA) is 325 Å². The molecule has 0 unspecified atom stereocenters. The van der Waals surface area contributed by atoms with Gasteiger partial charge in [-0.2, -0.15) is 39.9 Å². The summed E-state index contributed by atoms with van der Waals surface area (Å²) in [6, 6.07) is 66.4. The third kappa shape index (κ3) is 23.9. The molecule has 0 atom stereocenters. The fraction of sp³-hybridized carbons (Fsp3) is 0.426. The molecule has 35 heteroatoms. The van der Waals surface area contributed by atoms with Crippen LogP contribution >= 0.6 is 0 Å². The summed E-state index contributed by atoms with van der Waals surface area (Å²) in [5, 5.41) is 23.4. The van der Waals surface area contributed by atoms with Gasteiger partial charge in [-0.3, -0.25) is 0 Å². The molecule has 35 nitrogen and oxygen atoms in total. The molecule has 0 bridgehead atoms. The van der Waals surface area contributed by atoms with Crippen molar-refractivity contribution in [3.63, 3.8) is 0 Å². The molecule has 16 aromatic rings. The Morgan fingerprint density at radius 2 is 0.667 bits per heavy atom. The van der Waals surface area contributed by atoms with E-state index in [1.807, 2.05) is 63.7 Å². The molecule has 150 heavy (non-hydrogen) atoms. The zero-order valence-corrected chi connectivity index (χ0v) is 86.7. The second kappa shape index (κ2) is 47.8. The number of ether oxygens (including phenoxy) is 6. The maximum Gasteiger partial charge on any atom is 0.326 e. The Morgan fingerprint density at radius 3 is 1.07 bits per heavy atom. The summed E-state index contributed by atoms with van der Waals surface area (Å²) < 4.78 is 42.5. The highest BCUT2D eigenvalue weighted by atomic mass is 16.5. The number of benzene rings is 8. The molecule has 4 saturated carbocycles. The number of hydrogen-bond donors (Lipinski definition) is 6. The lowest BCUT2D eigenvalue weighted by atomic mass is 9.95. The van der Waals surface area contributed by atoms with E-state index in [2.05, 4.69) is 255 Å². The van der Waals surface area contributed by atoms with E-state index in [0.717, 1.165) is 278 Å². The number of methoxy groups -OCH3 is 1. The van der Waals surface area contributed by atoms with E-state index >= 15 is 0 Å². The van der Waals surface area contributed by atoms with Crippen molar-refractivity contribution >= 4 is 159 Å². The van der Waals surface area contributed by atoms with Crippen molar-refractivity contribution in [2.45, 2.75) is 160 Å². The average molecular weight is 2020 g/mol. The first kappa shape index (κ1) is 99.8. The Balaban J connectivity index is 0.000000113. The zero-order chi connectivity index (χ0) is 101. The van der Waals surface area contributed by atoms with Gasteiger partial charge in [-0.1, -0.05) is 126 Å². The third-order valence-electron chi connectivity index (χ3n) is 30.6. The van der Waals surface area contributed by atoms with Crippen molar-refractivity contribution in [3.05, 3.63) is 213 Å². The van der Waals surface area contributed by atoms with Gasteiger partial charge in [0.15, 0.2) is 67.9 Å². The molecule has 780 valence electrons. The Morgan fingerprint density at radius 1 is 0.320 bits per heavy atom. The number of anilines is 18. The van der Waals surface area contributed by atoms with Crippen LogP contribution < -0.4 is 70.8 Å². The Kier molecular flexibility index (Phi) is 31.8. The fourth-order valence-corrected chi connectivity index (χ4v) is 22.1. The van der Waals surface area contributed by atoms with Gasteiger partial charge in [0.05, 0.1) is 85.3 Å². The predicted octanol–water partition coefficient (Wildman–Crippen LogP) is 22.3. The Labute approximate surface area is 876 Å². The molecular formula is C115H139N29O6. The van der Waals surface area contributed by atoms with Crippen molar-refractivity contribution in [2.75, 3.05) is 220 Å². The molecule has 9 aliphatic rings. The van der Waals surface area contributed by atoms with Gasteiger partial charge in [-0.25, -0.2) is 19.9 Å². The molecule has 0 radical (unpaired) electrons. The predicted molar refractivity (Wildman–Crippen MR) is 599 cm³/mol. The summed E-state index contributed by atoms with van der Waals surface area (Å²) in [7, 11) is 5.71. The van der Waals surface area contributed by atoms with Crippen LogP contribution in [0.1, 0.15) is 160 Å². The maximum absolute atomic E-state index is 6.12. The number of nitrogens with one attached hydrogen (secondary N) is 6. The van der Waals surface area contributed by atoms with Gasteiger partial charge >= 0.3 is 6.01 Å². The first-order chi connectivity index (χ1) is 74.0. The highest BCUT2D eigenvalue weighted by Gasteiger charge is 2.31. The maximum atomic E-state index is 6.12. The number of nitrogens with zero attached hydrogens (tertiary/aromatic N) is 23. The molecule has 4 aliphatic carbocycles. The highest BCUT2D eigenvalue weighted by molar-refractivity contribution is 5.96. The molecule has 8 aromatic heterocycles. The van der Waals surface area contributed by atoms with Gasteiger partial charge in [0, 0.05) is 191 Å². The Bertz CT molecular complexity index is 7110. The number of piperazine rings is 1. The second-order valence-corrected chi connectivity index (χ2v) is 40.5. The minimum atomic E-state index is 0.269.